The van der Waals surface area contributed by atoms with Crippen molar-refractivity contribution in [1.82, 2.24) is 14.8 Å². The molecule has 0 spiro atoms. The number of nitrogens with zero attached hydrogens (tertiary/aromatic N) is 3. The van der Waals surface area contributed by atoms with Gasteiger partial charge in [-0.1, -0.05) is 56.3 Å². The molecule has 0 saturated carbocycles. The van der Waals surface area contributed by atoms with Crippen molar-refractivity contribution in [2.75, 3.05) is 19.5 Å². The standard InChI is InChI=1S/C29H28N4O3/c1-17(2)18-9-11-19(12-10-18)28-25-26(21-7-5-6-8-22(21)36-28)32-29-30-16-31-33(29)27(25)20-13-14-23(34-3)24(15-20)35-4/h5-17,27-28H,1-4H3,(H,30,31,32)/t27-,28+/m0/s1. The first-order chi connectivity index (χ1) is 17.6. The molecule has 1 N–H and O–H groups in total. The number of nitrogens with one attached hydrogen (secondary N) is 1. The smallest absolute Gasteiger partial charge is 0.226 e. The fourth-order valence-corrected chi connectivity index (χ4v) is 5.09. The number of benzene rings is 3. The van der Waals surface area contributed by atoms with Crippen LogP contribution in [0.5, 0.6) is 17.2 Å². The maximum absolute atomic E-state index is 6.72. The van der Waals surface area contributed by atoms with Crippen LogP contribution in [0, 0.1) is 0 Å². The molecule has 182 valence electrons. The molecule has 6 rings (SSSR count). The Balaban J connectivity index is 1.58. The molecule has 0 fully saturated rings. The molecule has 1 aromatic heterocycles. The summed E-state index contributed by atoms with van der Waals surface area (Å²) in [6.45, 7) is 4.40. The minimum Gasteiger partial charge on any atom is -0.493 e. The van der Waals surface area contributed by atoms with Crippen molar-refractivity contribution in [1.29, 1.82) is 0 Å². The molecule has 36 heavy (non-hydrogen) atoms. The van der Waals surface area contributed by atoms with Crippen LogP contribution < -0.4 is 19.5 Å². The number of hydrogen-bond donors (Lipinski definition) is 1. The van der Waals surface area contributed by atoms with E-state index in [0.29, 0.717) is 23.4 Å². The second-order valence-electron chi connectivity index (χ2n) is 9.32. The maximum atomic E-state index is 6.72. The third kappa shape index (κ3) is 3.50. The zero-order chi connectivity index (χ0) is 24.8. The third-order valence-electron chi connectivity index (χ3n) is 6.95. The summed E-state index contributed by atoms with van der Waals surface area (Å²) >= 11 is 0. The molecular formula is C29H28N4O3. The van der Waals surface area contributed by atoms with Crippen molar-refractivity contribution < 1.29 is 14.2 Å². The molecule has 7 nitrogen and oxygen atoms in total. The van der Waals surface area contributed by atoms with Gasteiger partial charge >= 0.3 is 0 Å². The largest absolute Gasteiger partial charge is 0.493 e. The number of ether oxygens (including phenoxy) is 3. The highest BCUT2D eigenvalue weighted by Gasteiger charge is 2.41. The van der Waals surface area contributed by atoms with E-state index >= 15 is 0 Å². The van der Waals surface area contributed by atoms with Crippen LogP contribution in [0.25, 0.3) is 5.70 Å². The van der Waals surface area contributed by atoms with Gasteiger partial charge in [-0.15, -0.1) is 0 Å². The number of aromatic nitrogens is 3. The number of hydrogen-bond acceptors (Lipinski definition) is 6. The van der Waals surface area contributed by atoms with E-state index in [-0.39, 0.29) is 12.1 Å². The lowest BCUT2D eigenvalue weighted by Gasteiger charge is -2.39. The van der Waals surface area contributed by atoms with Gasteiger partial charge in [0.2, 0.25) is 5.95 Å². The molecule has 2 atom stereocenters. The monoisotopic (exact) mass is 480 g/mol. The van der Waals surface area contributed by atoms with Gasteiger partial charge in [-0.2, -0.15) is 10.1 Å². The van der Waals surface area contributed by atoms with Gasteiger partial charge in [-0.3, -0.25) is 0 Å². The summed E-state index contributed by atoms with van der Waals surface area (Å²) in [5, 5.41) is 8.15. The highest BCUT2D eigenvalue weighted by molar-refractivity contribution is 5.85. The van der Waals surface area contributed by atoms with E-state index in [1.807, 2.05) is 41.1 Å². The Morgan fingerprint density at radius 3 is 2.42 bits per heavy atom. The zero-order valence-electron chi connectivity index (χ0n) is 20.7. The van der Waals surface area contributed by atoms with Crippen LogP contribution in [0.4, 0.5) is 5.95 Å². The number of fused-ring (bicyclic) bond motifs is 3. The summed E-state index contributed by atoms with van der Waals surface area (Å²) in [5.41, 5.74) is 6.44. The number of anilines is 1. The molecule has 2 aliphatic heterocycles. The summed E-state index contributed by atoms with van der Waals surface area (Å²) in [6.07, 6.45) is 1.26. The Morgan fingerprint density at radius 2 is 1.67 bits per heavy atom. The molecule has 0 aliphatic carbocycles. The highest BCUT2D eigenvalue weighted by atomic mass is 16.5. The Hall–Kier alpha value is -4.26. The lowest BCUT2D eigenvalue weighted by molar-refractivity contribution is 0.223. The van der Waals surface area contributed by atoms with Crippen molar-refractivity contribution in [3.63, 3.8) is 0 Å². The average molecular weight is 481 g/mol. The van der Waals surface area contributed by atoms with Crippen molar-refractivity contribution in [2.45, 2.75) is 31.9 Å². The summed E-state index contributed by atoms with van der Waals surface area (Å²) in [7, 11) is 3.29. The van der Waals surface area contributed by atoms with Gasteiger partial charge in [0.05, 0.1) is 19.9 Å². The molecule has 0 unspecified atom stereocenters. The molecule has 7 heteroatoms. The maximum Gasteiger partial charge on any atom is 0.226 e. The van der Waals surface area contributed by atoms with Gasteiger partial charge in [-0.25, -0.2) is 4.68 Å². The number of para-hydroxylation sites is 1. The van der Waals surface area contributed by atoms with Crippen LogP contribution in [0.3, 0.4) is 0 Å². The normalized spacial score (nSPS) is 18.0. The van der Waals surface area contributed by atoms with E-state index in [0.717, 1.165) is 33.7 Å². The fourth-order valence-electron chi connectivity index (χ4n) is 5.09. The topological polar surface area (TPSA) is 70.4 Å². The van der Waals surface area contributed by atoms with Gasteiger partial charge in [0.15, 0.2) is 11.5 Å². The van der Waals surface area contributed by atoms with Gasteiger partial charge < -0.3 is 19.5 Å². The minimum absolute atomic E-state index is 0.262. The van der Waals surface area contributed by atoms with Crippen LogP contribution in [-0.2, 0) is 0 Å². The molecule has 0 saturated heterocycles. The minimum atomic E-state index is -0.320. The van der Waals surface area contributed by atoms with Crippen molar-refractivity contribution in [2.24, 2.45) is 0 Å². The van der Waals surface area contributed by atoms with Crippen LogP contribution >= 0.6 is 0 Å². The van der Waals surface area contributed by atoms with Crippen LogP contribution in [0.15, 0.2) is 78.6 Å². The summed E-state index contributed by atoms with van der Waals surface area (Å²) < 4.78 is 19.8. The molecule has 0 amide bonds. The number of methoxy groups -OCH3 is 2. The Kier molecular flexibility index (Phi) is 5.40. The first-order valence-corrected chi connectivity index (χ1v) is 12.1. The molecule has 3 heterocycles. The predicted octanol–water partition coefficient (Wildman–Crippen LogP) is 5.98. The first kappa shape index (κ1) is 22.2. The quantitative estimate of drug-likeness (QED) is 0.379. The van der Waals surface area contributed by atoms with Crippen LogP contribution in [0.2, 0.25) is 0 Å². The molecule has 4 aromatic rings. The van der Waals surface area contributed by atoms with E-state index in [1.54, 1.807) is 20.5 Å². The molecule has 3 aromatic carbocycles. The Bertz CT molecular complexity index is 1460. The van der Waals surface area contributed by atoms with Gasteiger partial charge in [-0.05, 0) is 46.9 Å². The lowest BCUT2D eigenvalue weighted by atomic mass is 9.84. The van der Waals surface area contributed by atoms with Gasteiger partial charge in [0, 0.05) is 11.1 Å². The van der Waals surface area contributed by atoms with E-state index in [9.17, 15) is 0 Å². The third-order valence-corrected chi connectivity index (χ3v) is 6.95. The average Bonchev–Trinajstić information content (AvgIpc) is 3.39. The van der Waals surface area contributed by atoms with Crippen molar-refractivity contribution >= 4 is 11.6 Å². The van der Waals surface area contributed by atoms with Crippen LogP contribution in [-0.4, -0.2) is 29.0 Å². The predicted molar refractivity (Wildman–Crippen MR) is 139 cm³/mol. The highest BCUT2D eigenvalue weighted by Crippen LogP contribution is 2.51. The summed E-state index contributed by atoms with van der Waals surface area (Å²) in [4.78, 5) is 4.51. The lowest BCUT2D eigenvalue weighted by Crippen LogP contribution is -2.32. The van der Waals surface area contributed by atoms with E-state index in [2.05, 4.69) is 59.6 Å². The Morgan fingerprint density at radius 1 is 0.917 bits per heavy atom. The molecule has 0 radical (unpaired) electrons. The molecular weight excluding hydrogens is 452 g/mol. The molecule has 2 aliphatic rings. The number of rotatable bonds is 5. The summed E-state index contributed by atoms with van der Waals surface area (Å²) in [6, 6.07) is 22.5. The van der Waals surface area contributed by atoms with Gasteiger partial charge in [0.25, 0.3) is 0 Å². The SMILES string of the molecule is COc1ccc([C@H]2C3=C(Nc4ncnn42)c2ccccc2O[C@@H]3c2ccc(C(C)C)cc2)cc1OC. The van der Waals surface area contributed by atoms with E-state index in [4.69, 9.17) is 14.2 Å². The van der Waals surface area contributed by atoms with Gasteiger partial charge in [0.1, 0.15) is 24.2 Å². The second-order valence-corrected chi connectivity index (χ2v) is 9.32. The van der Waals surface area contributed by atoms with Crippen molar-refractivity contribution in [3.05, 3.63) is 101 Å². The Labute approximate surface area is 210 Å². The van der Waals surface area contributed by atoms with Crippen molar-refractivity contribution in [3.8, 4) is 17.2 Å². The summed E-state index contributed by atoms with van der Waals surface area (Å²) in [5.74, 6) is 3.30. The van der Waals surface area contributed by atoms with E-state index < -0.39 is 0 Å². The first-order valence-electron chi connectivity index (χ1n) is 12.1. The van der Waals surface area contributed by atoms with Crippen LogP contribution in [0.1, 0.15) is 54.2 Å². The zero-order valence-corrected chi connectivity index (χ0v) is 20.7. The molecule has 0 bridgehead atoms. The second kappa shape index (κ2) is 8.75. The van der Waals surface area contributed by atoms with E-state index in [1.165, 1.54) is 5.56 Å². The fraction of sp³-hybridized carbons (Fsp3) is 0.241.